The van der Waals surface area contributed by atoms with Gasteiger partial charge in [0.25, 0.3) is 0 Å². The maximum atomic E-state index is 2.47. The molecule has 0 spiro atoms. The predicted octanol–water partition coefficient (Wildman–Crippen LogP) is 7.23. The number of unbranched alkanes of at least 4 members (excludes halogenated alkanes) is 3. The van der Waals surface area contributed by atoms with Crippen LogP contribution in [0.4, 0.5) is 0 Å². The van der Waals surface area contributed by atoms with Crippen molar-refractivity contribution in [2.45, 2.75) is 105 Å². The summed E-state index contributed by atoms with van der Waals surface area (Å²) in [7, 11) is 0. The van der Waals surface area contributed by atoms with E-state index < -0.39 is 0 Å². The predicted molar refractivity (Wildman–Crippen MR) is 89.6 cm³/mol. The summed E-state index contributed by atoms with van der Waals surface area (Å²) >= 11 is 0. The van der Waals surface area contributed by atoms with Crippen molar-refractivity contribution in [1.82, 2.24) is 0 Å². The Morgan fingerprint density at radius 2 is 1.37 bits per heavy atom. The maximum absolute atomic E-state index is 2.47. The molecular weight excluding hydrogens is 228 g/mol. The molecule has 0 bridgehead atoms. The molecule has 0 nitrogen and oxygen atoms in total. The fourth-order valence-electron chi connectivity index (χ4n) is 2.95. The van der Waals surface area contributed by atoms with E-state index in [0.717, 1.165) is 17.8 Å². The lowest BCUT2D eigenvalue weighted by atomic mass is 9.88. The fourth-order valence-corrected chi connectivity index (χ4v) is 2.95. The first-order valence-corrected chi connectivity index (χ1v) is 9.10. The molecule has 0 heteroatoms. The van der Waals surface area contributed by atoms with Crippen molar-refractivity contribution in [3.8, 4) is 0 Å². The van der Waals surface area contributed by atoms with Gasteiger partial charge in [0.15, 0.2) is 0 Å². The van der Waals surface area contributed by atoms with Gasteiger partial charge in [-0.3, -0.25) is 0 Å². The van der Waals surface area contributed by atoms with Gasteiger partial charge in [-0.25, -0.2) is 0 Å². The highest BCUT2D eigenvalue weighted by Crippen LogP contribution is 2.24. The van der Waals surface area contributed by atoms with E-state index in [4.69, 9.17) is 0 Å². The van der Waals surface area contributed by atoms with Gasteiger partial charge in [-0.2, -0.15) is 0 Å². The Kier molecular flexibility index (Phi) is 13.0. The van der Waals surface area contributed by atoms with Gasteiger partial charge in [0, 0.05) is 0 Å². The standard InChI is InChI=1S/C19H40/c1-6-8-9-10-13-18(5)15-16-19(7-2)14-11-12-17(3)4/h17-19H,6-16H2,1-5H3. The van der Waals surface area contributed by atoms with Crippen LogP contribution < -0.4 is 0 Å². The van der Waals surface area contributed by atoms with E-state index in [1.165, 1.54) is 70.6 Å². The van der Waals surface area contributed by atoms with Crippen molar-refractivity contribution in [1.29, 1.82) is 0 Å². The van der Waals surface area contributed by atoms with Gasteiger partial charge in [0.05, 0.1) is 0 Å². The van der Waals surface area contributed by atoms with Crippen molar-refractivity contribution in [3.63, 3.8) is 0 Å². The second-order valence-electron chi connectivity index (χ2n) is 7.13. The maximum Gasteiger partial charge on any atom is -0.0417 e. The van der Waals surface area contributed by atoms with Gasteiger partial charge in [-0.05, 0) is 17.8 Å². The van der Waals surface area contributed by atoms with E-state index >= 15 is 0 Å². The average Bonchev–Trinajstić information content (AvgIpc) is 2.38. The molecule has 2 unspecified atom stereocenters. The monoisotopic (exact) mass is 268 g/mol. The van der Waals surface area contributed by atoms with Crippen LogP contribution in [0.15, 0.2) is 0 Å². The summed E-state index contributed by atoms with van der Waals surface area (Å²) in [6, 6.07) is 0. The van der Waals surface area contributed by atoms with E-state index in [2.05, 4.69) is 34.6 Å². The van der Waals surface area contributed by atoms with E-state index in [-0.39, 0.29) is 0 Å². The van der Waals surface area contributed by atoms with Crippen molar-refractivity contribution in [3.05, 3.63) is 0 Å². The molecule has 0 radical (unpaired) electrons. The highest BCUT2D eigenvalue weighted by molar-refractivity contribution is 4.62. The molecule has 19 heavy (non-hydrogen) atoms. The first-order valence-electron chi connectivity index (χ1n) is 9.10. The van der Waals surface area contributed by atoms with Crippen molar-refractivity contribution < 1.29 is 0 Å². The number of hydrogen-bond donors (Lipinski definition) is 0. The molecule has 0 aromatic heterocycles. The molecular formula is C19H40. The zero-order chi connectivity index (χ0) is 14.5. The Balaban J connectivity index is 3.57. The minimum atomic E-state index is 0.884. The summed E-state index contributed by atoms with van der Waals surface area (Å²) in [5.74, 6) is 2.84. The minimum absolute atomic E-state index is 0.884. The molecule has 2 atom stereocenters. The van der Waals surface area contributed by atoms with Gasteiger partial charge in [0.2, 0.25) is 0 Å². The second kappa shape index (κ2) is 13.0. The summed E-state index contributed by atoms with van der Waals surface area (Å²) in [6.45, 7) is 11.8. The lowest BCUT2D eigenvalue weighted by Crippen LogP contribution is -2.04. The molecule has 0 saturated heterocycles. The fraction of sp³-hybridized carbons (Fsp3) is 1.00. The smallest absolute Gasteiger partial charge is 0.0417 e. The molecule has 0 heterocycles. The Labute approximate surface area is 123 Å². The average molecular weight is 269 g/mol. The van der Waals surface area contributed by atoms with E-state index in [9.17, 15) is 0 Å². The molecule has 0 aromatic rings. The van der Waals surface area contributed by atoms with Crippen LogP contribution in [0.3, 0.4) is 0 Å². The summed E-state index contributed by atoms with van der Waals surface area (Å²) in [6.07, 6.45) is 15.8. The highest BCUT2D eigenvalue weighted by atomic mass is 14.2. The van der Waals surface area contributed by atoms with Crippen LogP contribution in [0.25, 0.3) is 0 Å². The van der Waals surface area contributed by atoms with Gasteiger partial charge >= 0.3 is 0 Å². The van der Waals surface area contributed by atoms with Crippen LogP contribution in [-0.4, -0.2) is 0 Å². The molecule has 0 aliphatic heterocycles. The van der Waals surface area contributed by atoms with Gasteiger partial charge < -0.3 is 0 Å². The molecule has 0 amide bonds. The first kappa shape index (κ1) is 19.0. The number of hydrogen-bond acceptors (Lipinski definition) is 0. The Bertz CT molecular complexity index is 171. The van der Waals surface area contributed by atoms with Crippen LogP contribution >= 0.6 is 0 Å². The topological polar surface area (TPSA) is 0 Å². The largest absolute Gasteiger partial charge is 0.0654 e. The molecule has 0 aliphatic carbocycles. The second-order valence-corrected chi connectivity index (χ2v) is 7.13. The lowest BCUT2D eigenvalue weighted by molar-refractivity contribution is 0.347. The quantitative estimate of drug-likeness (QED) is 0.309. The van der Waals surface area contributed by atoms with Crippen molar-refractivity contribution in [2.75, 3.05) is 0 Å². The zero-order valence-electron chi connectivity index (χ0n) is 14.5. The molecule has 116 valence electrons. The van der Waals surface area contributed by atoms with E-state index in [0.29, 0.717) is 0 Å². The Morgan fingerprint density at radius 1 is 0.632 bits per heavy atom. The normalized spacial score (nSPS) is 14.8. The van der Waals surface area contributed by atoms with Gasteiger partial charge in [-0.1, -0.05) is 105 Å². The summed E-state index contributed by atoms with van der Waals surface area (Å²) in [5.41, 5.74) is 0. The number of rotatable bonds is 13. The minimum Gasteiger partial charge on any atom is -0.0654 e. The molecule has 0 aromatic carbocycles. The Hall–Kier alpha value is 0. The van der Waals surface area contributed by atoms with Gasteiger partial charge in [0.1, 0.15) is 0 Å². The summed E-state index contributed by atoms with van der Waals surface area (Å²) in [4.78, 5) is 0. The third-order valence-corrected chi connectivity index (χ3v) is 4.59. The molecule has 0 aliphatic rings. The van der Waals surface area contributed by atoms with Crippen LogP contribution in [0.5, 0.6) is 0 Å². The third kappa shape index (κ3) is 12.8. The Morgan fingerprint density at radius 3 is 1.95 bits per heavy atom. The van der Waals surface area contributed by atoms with Crippen LogP contribution in [0.2, 0.25) is 0 Å². The summed E-state index contributed by atoms with van der Waals surface area (Å²) in [5, 5.41) is 0. The lowest BCUT2D eigenvalue weighted by Gasteiger charge is -2.18. The van der Waals surface area contributed by atoms with Crippen LogP contribution in [0.1, 0.15) is 105 Å². The van der Waals surface area contributed by atoms with Crippen LogP contribution in [0, 0.1) is 17.8 Å². The third-order valence-electron chi connectivity index (χ3n) is 4.59. The molecule has 0 rings (SSSR count). The highest BCUT2D eigenvalue weighted by Gasteiger charge is 2.09. The zero-order valence-corrected chi connectivity index (χ0v) is 14.5. The first-order chi connectivity index (χ1) is 9.10. The van der Waals surface area contributed by atoms with E-state index in [1.54, 1.807) is 0 Å². The van der Waals surface area contributed by atoms with Crippen LogP contribution in [-0.2, 0) is 0 Å². The SMILES string of the molecule is CCCCCCC(C)CCC(CC)CCCC(C)C. The molecule has 0 fully saturated rings. The van der Waals surface area contributed by atoms with Crippen molar-refractivity contribution in [2.24, 2.45) is 17.8 Å². The summed E-state index contributed by atoms with van der Waals surface area (Å²) < 4.78 is 0. The van der Waals surface area contributed by atoms with Crippen molar-refractivity contribution >= 4 is 0 Å². The molecule has 0 saturated carbocycles. The van der Waals surface area contributed by atoms with Gasteiger partial charge in [-0.15, -0.1) is 0 Å². The molecule has 0 N–H and O–H groups in total. The van der Waals surface area contributed by atoms with E-state index in [1.807, 2.05) is 0 Å².